The molecular formula is C17H16N4O3S. The van der Waals surface area contributed by atoms with Crippen molar-refractivity contribution in [1.82, 2.24) is 15.3 Å². The molecule has 1 aliphatic heterocycles. The molecule has 8 heteroatoms. The monoisotopic (exact) mass is 356 g/mol. The Hall–Kier alpha value is -2.87. The molecule has 0 spiro atoms. The number of amides is 2. The maximum atomic E-state index is 12.5. The van der Waals surface area contributed by atoms with Gasteiger partial charge in [0.25, 0.3) is 11.8 Å². The molecule has 4 rings (SSSR count). The minimum absolute atomic E-state index is 0.122. The highest BCUT2D eigenvalue weighted by Gasteiger charge is 2.21. The Morgan fingerprint density at radius 3 is 3.08 bits per heavy atom. The summed E-state index contributed by atoms with van der Waals surface area (Å²) < 4.78 is 5.19. The molecule has 0 bridgehead atoms. The normalized spacial score (nSPS) is 13.9. The second kappa shape index (κ2) is 6.21. The second-order valence-electron chi connectivity index (χ2n) is 5.74. The van der Waals surface area contributed by atoms with Crippen LogP contribution in [0.5, 0.6) is 5.75 Å². The van der Waals surface area contributed by atoms with Crippen molar-refractivity contribution in [1.29, 1.82) is 0 Å². The highest BCUT2D eigenvalue weighted by molar-refractivity contribution is 7.17. The smallest absolute Gasteiger partial charge is 0.273 e. The molecule has 1 aliphatic rings. The van der Waals surface area contributed by atoms with E-state index in [-0.39, 0.29) is 11.8 Å². The lowest BCUT2D eigenvalue weighted by atomic mass is 10.2. The van der Waals surface area contributed by atoms with Gasteiger partial charge in [-0.05, 0) is 31.0 Å². The lowest BCUT2D eigenvalue weighted by Gasteiger charge is -1.99. The van der Waals surface area contributed by atoms with Gasteiger partial charge in [-0.2, -0.15) is 0 Å². The number of hydrogen-bond acceptors (Lipinski definition) is 5. The van der Waals surface area contributed by atoms with Crippen molar-refractivity contribution in [3.63, 3.8) is 0 Å². The Kier molecular flexibility index (Phi) is 3.89. The number of carbonyl (C=O) groups excluding carboxylic acids is 2. The van der Waals surface area contributed by atoms with Gasteiger partial charge in [-0.3, -0.25) is 14.9 Å². The largest absolute Gasteiger partial charge is 0.497 e. The number of hydrogen-bond donors (Lipinski definition) is 3. The number of aryl methyl sites for hydroxylation is 1. The first-order valence-electron chi connectivity index (χ1n) is 7.90. The molecule has 25 heavy (non-hydrogen) atoms. The predicted octanol–water partition coefficient (Wildman–Crippen LogP) is 2.56. The Bertz CT molecular complexity index is 976. The van der Waals surface area contributed by atoms with Gasteiger partial charge in [-0.25, -0.2) is 4.98 Å². The van der Waals surface area contributed by atoms with Crippen LogP contribution in [0.25, 0.3) is 10.9 Å². The van der Waals surface area contributed by atoms with E-state index in [1.165, 1.54) is 11.3 Å². The average Bonchev–Trinajstić information content (AvgIpc) is 3.17. The number of fused-ring (bicyclic) bond motifs is 2. The quantitative estimate of drug-likeness (QED) is 0.672. The number of aromatic amines is 1. The summed E-state index contributed by atoms with van der Waals surface area (Å²) in [6.45, 7) is 0.655. The fourth-order valence-electron chi connectivity index (χ4n) is 2.81. The molecule has 0 radical (unpaired) electrons. The van der Waals surface area contributed by atoms with Crippen LogP contribution in [0.2, 0.25) is 0 Å². The van der Waals surface area contributed by atoms with Crippen LogP contribution in [0.3, 0.4) is 0 Å². The van der Waals surface area contributed by atoms with Crippen LogP contribution < -0.4 is 15.4 Å². The zero-order chi connectivity index (χ0) is 17.4. The van der Waals surface area contributed by atoms with Gasteiger partial charge in [0, 0.05) is 23.5 Å². The van der Waals surface area contributed by atoms with Crippen molar-refractivity contribution in [2.45, 2.75) is 12.8 Å². The Morgan fingerprint density at radius 2 is 2.24 bits per heavy atom. The maximum Gasteiger partial charge on any atom is 0.273 e. The van der Waals surface area contributed by atoms with E-state index < -0.39 is 0 Å². The summed E-state index contributed by atoms with van der Waals surface area (Å²) in [6, 6.07) is 7.34. The Labute approximate surface area is 147 Å². The number of ether oxygens (including phenoxy) is 1. The SMILES string of the molecule is COc1ccc2cc(C(=O)Nc3nc4c(s3)C(=O)NCCC4)[nH]c2c1. The van der Waals surface area contributed by atoms with Crippen LogP contribution in [0.4, 0.5) is 5.13 Å². The van der Waals surface area contributed by atoms with Gasteiger partial charge in [0.05, 0.1) is 12.8 Å². The zero-order valence-corrected chi connectivity index (χ0v) is 14.3. The molecule has 0 saturated heterocycles. The number of methoxy groups -OCH3 is 1. The molecule has 0 saturated carbocycles. The van der Waals surface area contributed by atoms with E-state index >= 15 is 0 Å². The van der Waals surface area contributed by atoms with Crippen molar-refractivity contribution in [2.75, 3.05) is 19.0 Å². The molecule has 0 atom stereocenters. The molecule has 0 fully saturated rings. The third-order valence-corrected chi connectivity index (χ3v) is 5.09. The van der Waals surface area contributed by atoms with Gasteiger partial charge in [0.15, 0.2) is 5.13 Å². The highest BCUT2D eigenvalue weighted by atomic mass is 32.1. The lowest BCUT2D eigenvalue weighted by molar-refractivity contribution is 0.0958. The van der Waals surface area contributed by atoms with E-state index in [9.17, 15) is 9.59 Å². The van der Waals surface area contributed by atoms with Crippen LogP contribution >= 0.6 is 11.3 Å². The lowest BCUT2D eigenvalue weighted by Crippen LogP contribution is -2.21. The van der Waals surface area contributed by atoms with E-state index in [4.69, 9.17) is 4.74 Å². The minimum Gasteiger partial charge on any atom is -0.497 e. The van der Waals surface area contributed by atoms with Crippen LogP contribution in [0, 0.1) is 0 Å². The van der Waals surface area contributed by atoms with Gasteiger partial charge in [0.2, 0.25) is 0 Å². The summed E-state index contributed by atoms with van der Waals surface area (Å²) >= 11 is 1.20. The molecule has 3 N–H and O–H groups in total. The number of benzene rings is 1. The number of nitrogens with one attached hydrogen (secondary N) is 3. The summed E-state index contributed by atoms with van der Waals surface area (Å²) in [5.41, 5.74) is 1.99. The molecule has 3 heterocycles. The molecule has 1 aromatic carbocycles. The molecule has 128 valence electrons. The molecule has 7 nitrogen and oxygen atoms in total. The third-order valence-electron chi connectivity index (χ3n) is 4.07. The summed E-state index contributed by atoms with van der Waals surface area (Å²) in [5, 5.41) is 6.95. The number of carbonyl (C=O) groups is 2. The number of rotatable bonds is 3. The number of anilines is 1. The first-order chi connectivity index (χ1) is 12.1. The van der Waals surface area contributed by atoms with Crippen LogP contribution in [0.1, 0.15) is 32.3 Å². The third kappa shape index (κ3) is 2.96. The van der Waals surface area contributed by atoms with Crippen molar-refractivity contribution < 1.29 is 14.3 Å². The number of H-pyrrole nitrogens is 1. The summed E-state index contributed by atoms with van der Waals surface area (Å²) in [7, 11) is 1.60. The maximum absolute atomic E-state index is 12.5. The van der Waals surface area contributed by atoms with Gasteiger partial charge in [0.1, 0.15) is 16.3 Å². The Morgan fingerprint density at radius 1 is 1.36 bits per heavy atom. The first-order valence-corrected chi connectivity index (χ1v) is 8.72. The van der Waals surface area contributed by atoms with E-state index in [1.807, 2.05) is 18.2 Å². The number of aromatic nitrogens is 2. The molecule has 3 aromatic rings. The summed E-state index contributed by atoms with van der Waals surface area (Å²) in [5.74, 6) is 0.304. The number of thiazole rings is 1. The van der Waals surface area contributed by atoms with E-state index in [1.54, 1.807) is 13.2 Å². The van der Waals surface area contributed by atoms with E-state index in [0.29, 0.717) is 22.2 Å². The highest BCUT2D eigenvalue weighted by Crippen LogP contribution is 2.27. The fourth-order valence-corrected chi connectivity index (χ4v) is 3.73. The predicted molar refractivity (Wildman–Crippen MR) is 95.6 cm³/mol. The standard InChI is InChI=1S/C17H16N4O3S/c1-24-10-5-4-9-7-13(19-12(9)8-10)15(22)21-17-20-11-3-2-6-18-16(23)14(11)25-17/h4-5,7-8,19H,2-3,6H2,1H3,(H,18,23)(H,20,21,22). The van der Waals surface area contributed by atoms with Crippen LogP contribution in [-0.2, 0) is 6.42 Å². The van der Waals surface area contributed by atoms with Crippen LogP contribution in [-0.4, -0.2) is 35.4 Å². The van der Waals surface area contributed by atoms with E-state index in [0.717, 1.165) is 35.2 Å². The summed E-state index contributed by atoms with van der Waals surface area (Å²) in [6.07, 6.45) is 1.58. The molecular weight excluding hydrogens is 340 g/mol. The average molecular weight is 356 g/mol. The Balaban J connectivity index is 1.58. The number of nitrogens with zero attached hydrogens (tertiary/aromatic N) is 1. The minimum atomic E-state index is -0.292. The molecule has 0 unspecified atom stereocenters. The van der Waals surface area contributed by atoms with Gasteiger partial charge >= 0.3 is 0 Å². The first kappa shape index (κ1) is 15.6. The van der Waals surface area contributed by atoms with Gasteiger partial charge in [-0.1, -0.05) is 11.3 Å². The topological polar surface area (TPSA) is 96.1 Å². The molecule has 0 aliphatic carbocycles. The van der Waals surface area contributed by atoms with Gasteiger partial charge in [-0.15, -0.1) is 0 Å². The van der Waals surface area contributed by atoms with Gasteiger partial charge < -0.3 is 15.0 Å². The zero-order valence-electron chi connectivity index (χ0n) is 13.5. The van der Waals surface area contributed by atoms with E-state index in [2.05, 4.69) is 20.6 Å². The second-order valence-corrected chi connectivity index (χ2v) is 6.74. The van der Waals surface area contributed by atoms with Crippen LogP contribution in [0.15, 0.2) is 24.3 Å². The van der Waals surface area contributed by atoms with Crippen molar-refractivity contribution in [2.24, 2.45) is 0 Å². The molecule has 2 aromatic heterocycles. The van der Waals surface area contributed by atoms with Crippen molar-refractivity contribution >= 4 is 39.2 Å². The summed E-state index contributed by atoms with van der Waals surface area (Å²) in [4.78, 5) is 32.5. The van der Waals surface area contributed by atoms with Crippen molar-refractivity contribution in [3.05, 3.63) is 40.5 Å². The molecule has 2 amide bonds. The fraction of sp³-hybridized carbons (Fsp3) is 0.235. The van der Waals surface area contributed by atoms with Crippen molar-refractivity contribution in [3.8, 4) is 5.75 Å².